The lowest BCUT2D eigenvalue weighted by atomic mass is 10.1. The molecular formula is C40H16F62O14. The molecule has 0 amide bonds. The highest BCUT2D eigenvalue weighted by molar-refractivity contribution is 5.79. The molecule has 0 aromatic heterocycles. The van der Waals surface area contributed by atoms with Gasteiger partial charge in [0.1, 0.15) is 26.4 Å². The maximum absolute atomic E-state index is 14.1. The van der Waals surface area contributed by atoms with Crippen LogP contribution in [0.4, 0.5) is 272 Å². The molecule has 0 radical (unpaired) electrons. The van der Waals surface area contributed by atoms with Gasteiger partial charge in [0.2, 0.25) is 0 Å². The molecule has 0 aromatic rings. The van der Waals surface area contributed by atoms with Crippen LogP contribution in [-0.2, 0) is 66.4 Å². The predicted molar refractivity (Wildman–Crippen MR) is 213 cm³/mol. The van der Waals surface area contributed by atoms with Crippen molar-refractivity contribution in [2.75, 3.05) is 39.6 Å². The van der Waals surface area contributed by atoms with Crippen molar-refractivity contribution in [3.63, 3.8) is 0 Å². The second kappa shape index (κ2) is 32.5. The van der Waals surface area contributed by atoms with E-state index in [0.29, 0.717) is 0 Å². The summed E-state index contributed by atoms with van der Waals surface area (Å²) in [5, 5.41) is 0. The Balaban J connectivity index is 6.32. The highest BCUT2D eigenvalue weighted by Gasteiger charge is 2.85. The lowest BCUT2D eigenvalue weighted by Crippen LogP contribution is -2.63. The Bertz CT molecular complexity index is 3060. The molecule has 0 saturated heterocycles. The molecule has 6 unspecified atom stereocenters. The molecule has 0 aromatic carbocycles. The largest absolute Gasteiger partial charge is 0.462 e. The Morgan fingerprint density at radius 2 is 0.353 bits per heavy atom. The standard InChI is InChI=1S/C40H16F62O14/c41-7(113-37(95,96)27(71,72)17(53,54)5-109-23(63,64)9(43)111-35(91,92)25(67,68)15(49,50)1-105-11(103)19(57,31(79,80)81)115-39(99,100)29(75,76)33(85,86)87)21(59,60)107-3-13(45,46)14(47,48)4-108-22(61,62)8(42)114-38(97,98)28(73,74)18(55,56)6-110-24(65,66)10(44)112-36(93,94)26(69,70)16(51,52)2-106-12(104)20(58,32(82,83)84)116-40(101,102)30(77,78)34(88,89)90/h7-10H,1-6H2. The normalized spacial score (nSPS) is 18.0. The molecule has 0 heterocycles. The monoisotopic (exact) mass is 1900 g/mol. The quantitative estimate of drug-likeness (QED) is 0.0421. The van der Waals surface area contributed by atoms with E-state index in [1.165, 1.54) is 9.47 Å². The van der Waals surface area contributed by atoms with Crippen LogP contribution in [0.5, 0.6) is 0 Å². The van der Waals surface area contributed by atoms with Crippen molar-refractivity contribution in [3.05, 3.63) is 0 Å². The number of alkyl halides is 62. The van der Waals surface area contributed by atoms with E-state index in [1.54, 1.807) is 18.9 Å². The summed E-state index contributed by atoms with van der Waals surface area (Å²) in [7, 11) is 0. The van der Waals surface area contributed by atoms with Crippen molar-refractivity contribution in [2.24, 2.45) is 0 Å². The second-order valence-electron chi connectivity index (χ2n) is 20.4. The van der Waals surface area contributed by atoms with Crippen LogP contribution in [0.2, 0.25) is 0 Å². The van der Waals surface area contributed by atoms with Crippen LogP contribution in [0, 0.1) is 0 Å². The van der Waals surface area contributed by atoms with Crippen LogP contribution < -0.4 is 0 Å². The van der Waals surface area contributed by atoms with Crippen LogP contribution in [0.3, 0.4) is 0 Å². The van der Waals surface area contributed by atoms with E-state index < -0.39 is 246 Å². The fraction of sp³-hybridized carbons (Fsp3) is 0.950. The van der Waals surface area contributed by atoms with Crippen molar-refractivity contribution in [3.8, 4) is 0 Å². The van der Waals surface area contributed by atoms with Crippen LogP contribution >= 0.6 is 0 Å². The second-order valence-corrected chi connectivity index (χ2v) is 20.4. The molecular weight excluding hydrogens is 1880 g/mol. The number of rotatable bonds is 45. The summed E-state index contributed by atoms with van der Waals surface area (Å²) in [6, 6.07) is 0. The topological polar surface area (TPSA) is 145 Å². The first-order valence-electron chi connectivity index (χ1n) is 25.3. The summed E-state index contributed by atoms with van der Waals surface area (Å²) in [4.78, 5) is 22.6. The smallest absolute Gasteiger partial charge is 0.455 e. The summed E-state index contributed by atoms with van der Waals surface area (Å²) in [6.45, 7) is -27.8. The van der Waals surface area contributed by atoms with E-state index >= 15 is 0 Å². The molecule has 0 aliphatic heterocycles. The van der Waals surface area contributed by atoms with Crippen LogP contribution in [0.1, 0.15) is 0 Å². The average Bonchev–Trinajstić information content (AvgIpc) is 0.754. The molecule has 6 atom stereocenters. The number of halogens is 62. The number of hydrogen-bond donors (Lipinski definition) is 0. The molecule has 0 aliphatic carbocycles. The van der Waals surface area contributed by atoms with E-state index in [2.05, 4.69) is 18.9 Å². The van der Waals surface area contributed by atoms with Crippen molar-refractivity contribution in [2.45, 2.75) is 194 Å². The van der Waals surface area contributed by atoms with E-state index in [0.717, 1.165) is 0 Å². The van der Waals surface area contributed by atoms with Gasteiger partial charge in [0.05, 0.1) is 0 Å². The van der Waals surface area contributed by atoms with Crippen LogP contribution in [0.15, 0.2) is 0 Å². The minimum Gasteiger partial charge on any atom is -0.455 e. The zero-order valence-electron chi connectivity index (χ0n) is 50.7. The Morgan fingerprint density at radius 1 is 0.198 bits per heavy atom. The van der Waals surface area contributed by atoms with Gasteiger partial charge in [-0.2, -0.15) is 255 Å². The lowest BCUT2D eigenvalue weighted by Gasteiger charge is -2.36. The molecule has 116 heavy (non-hydrogen) atoms. The third-order valence-electron chi connectivity index (χ3n) is 11.7. The predicted octanol–water partition coefficient (Wildman–Crippen LogP) is 18.6. The molecule has 14 nitrogen and oxygen atoms in total. The molecule has 694 valence electrons. The van der Waals surface area contributed by atoms with Crippen LogP contribution in [0.25, 0.3) is 0 Å². The minimum absolute atomic E-state index is 1.36. The van der Waals surface area contributed by atoms with Gasteiger partial charge in [0.15, 0.2) is 13.2 Å². The zero-order valence-corrected chi connectivity index (χ0v) is 50.7. The van der Waals surface area contributed by atoms with Gasteiger partial charge >= 0.3 is 181 Å². The van der Waals surface area contributed by atoms with E-state index in [9.17, 15) is 282 Å². The Labute approximate surface area is 585 Å². The first-order valence-corrected chi connectivity index (χ1v) is 25.3. The third-order valence-corrected chi connectivity index (χ3v) is 11.7. The fourth-order valence-corrected chi connectivity index (χ4v) is 5.27. The van der Waals surface area contributed by atoms with Gasteiger partial charge in [-0.3, -0.25) is 28.4 Å². The molecule has 0 bridgehead atoms. The number of carbonyl (C=O) groups excluding carboxylic acids is 2. The van der Waals surface area contributed by atoms with Crippen molar-refractivity contribution in [1.29, 1.82) is 0 Å². The fourth-order valence-electron chi connectivity index (χ4n) is 5.27. The van der Waals surface area contributed by atoms with Crippen molar-refractivity contribution < 1.29 is 339 Å². The zero-order chi connectivity index (χ0) is 94.2. The summed E-state index contributed by atoms with van der Waals surface area (Å²) in [5.74, 6) is -121. The van der Waals surface area contributed by atoms with Gasteiger partial charge < -0.3 is 28.4 Å². The molecule has 0 N–H and O–H groups in total. The van der Waals surface area contributed by atoms with Gasteiger partial charge in [-0.1, -0.05) is 0 Å². The molecule has 0 aliphatic rings. The maximum Gasteiger partial charge on any atom is 0.462 e. The summed E-state index contributed by atoms with van der Waals surface area (Å²) in [5.41, 5.74) is 0. The molecule has 76 heteroatoms. The summed E-state index contributed by atoms with van der Waals surface area (Å²) in [6.07, 6.45) is -136. The Kier molecular flexibility index (Phi) is 30.9. The molecule has 0 fully saturated rings. The van der Waals surface area contributed by atoms with Crippen LogP contribution in [-0.4, -0.2) is 246 Å². The SMILES string of the molecule is O=C(OCC(F)(F)C(F)(F)C(F)(F)OC(F)C(F)(F)OCC(F)(F)C(F)(F)C(F)(F)OC(F)C(F)(F)OCC(F)(F)C(F)(F)COC(F)(F)C(F)OC(F)(F)C(F)(F)C(F)(F)COC(F)(F)C(F)OC(F)(F)C(F)(F)C(F)(F)COC(=O)C(F)(OC(F)(F)C(F)(F)C(F)(F)F)C(F)(F)F)C(F)(OC(F)(F)C(F)(F)C(F)(F)F)C(F)(F)F. The number of hydrogen-bond acceptors (Lipinski definition) is 14. The molecule has 0 spiro atoms. The van der Waals surface area contributed by atoms with Gasteiger partial charge in [-0.15, -0.1) is 0 Å². The highest BCUT2D eigenvalue weighted by Crippen LogP contribution is 2.58. The highest BCUT2D eigenvalue weighted by atomic mass is 19.5. The maximum atomic E-state index is 14.1. The Morgan fingerprint density at radius 3 is 0.509 bits per heavy atom. The number of ether oxygens (including phenoxy) is 12. The van der Waals surface area contributed by atoms with Gasteiger partial charge in [-0.25, -0.2) is 27.2 Å². The number of esters is 2. The molecule has 0 rings (SSSR count). The number of carbonyl (C=O) groups is 2. The summed E-state index contributed by atoms with van der Waals surface area (Å²) >= 11 is 0. The van der Waals surface area contributed by atoms with Gasteiger partial charge in [0.25, 0.3) is 25.4 Å². The van der Waals surface area contributed by atoms with Crippen molar-refractivity contribution in [1.82, 2.24) is 0 Å². The minimum atomic E-state index is -8.35. The first-order chi connectivity index (χ1) is 49.8. The van der Waals surface area contributed by atoms with Gasteiger partial charge in [0, 0.05) is 0 Å². The van der Waals surface area contributed by atoms with E-state index in [-0.39, 0.29) is 0 Å². The van der Waals surface area contributed by atoms with E-state index in [1.807, 2.05) is 9.47 Å². The molecule has 0 saturated carbocycles. The first kappa shape index (κ1) is 110. The average molecular weight is 1900 g/mol. The van der Waals surface area contributed by atoms with Crippen molar-refractivity contribution >= 4 is 11.9 Å². The van der Waals surface area contributed by atoms with Gasteiger partial charge in [-0.05, 0) is 0 Å². The van der Waals surface area contributed by atoms with E-state index in [4.69, 9.17) is 0 Å². The Hall–Kier alpha value is -5.80. The summed E-state index contributed by atoms with van der Waals surface area (Å²) < 4.78 is 866. The third kappa shape index (κ3) is 22.1. The lowest BCUT2D eigenvalue weighted by molar-refractivity contribution is -0.476.